The second-order valence-corrected chi connectivity index (χ2v) is 4.59. The molecule has 0 saturated carbocycles. The first-order valence-corrected chi connectivity index (χ1v) is 5.30. The standard InChI is InChI=1S/C10H21N3O/c1-7(2)9(10(14)12-11)13-5-4-8(3)6-13/h7-9H,4-6,11H2,1-3H3,(H,12,14). The van der Waals surface area contributed by atoms with E-state index in [4.69, 9.17) is 5.84 Å². The summed E-state index contributed by atoms with van der Waals surface area (Å²) in [6.45, 7) is 8.36. The van der Waals surface area contributed by atoms with Crippen LogP contribution in [0.5, 0.6) is 0 Å². The average Bonchev–Trinajstić information content (AvgIpc) is 2.51. The van der Waals surface area contributed by atoms with Crippen LogP contribution in [-0.2, 0) is 4.79 Å². The molecule has 0 aliphatic carbocycles. The Bertz CT molecular complexity index is 206. The van der Waals surface area contributed by atoms with Crippen molar-refractivity contribution in [3.63, 3.8) is 0 Å². The molecule has 2 atom stereocenters. The number of carbonyl (C=O) groups is 1. The van der Waals surface area contributed by atoms with E-state index in [9.17, 15) is 4.79 Å². The van der Waals surface area contributed by atoms with Crippen molar-refractivity contribution in [3.05, 3.63) is 0 Å². The van der Waals surface area contributed by atoms with E-state index in [0.29, 0.717) is 11.8 Å². The molecule has 4 heteroatoms. The van der Waals surface area contributed by atoms with Crippen molar-refractivity contribution in [3.8, 4) is 0 Å². The Morgan fingerprint density at radius 1 is 1.57 bits per heavy atom. The molecule has 3 N–H and O–H groups in total. The van der Waals surface area contributed by atoms with E-state index in [2.05, 4.69) is 31.1 Å². The Hall–Kier alpha value is -0.610. The highest BCUT2D eigenvalue weighted by Crippen LogP contribution is 2.21. The fourth-order valence-corrected chi connectivity index (χ4v) is 2.20. The van der Waals surface area contributed by atoms with Crippen molar-refractivity contribution < 1.29 is 4.79 Å². The summed E-state index contributed by atoms with van der Waals surface area (Å²) in [6.07, 6.45) is 1.18. The number of nitrogens with zero attached hydrogens (tertiary/aromatic N) is 1. The lowest BCUT2D eigenvalue weighted by Crippen LogP contribution is -2.50. The minimum absolute atomic E-state index is 0.0610. The van der Waals surface area contributed by atoms with Gasteiger partial charge in [-0.3, -0.25) is 15.1 Å². The Morgan fingerprint density at radius 2 is 2.21 bits per heavy atom. The molecule has 1 fully saturated rings. The second-order valence-electron chi connectivity index (χ2n) is 4.59. The SMILES string of the molecule is CC1CCN(C(C(=O)NN)C(C)C)C1. The van der Waals surface area contributed by atoms with Crippen LogP contribution in [0.15, 0.2) is 0 Å². The van der Waals surface area contributed by atoms with Crippen molar-refractivity contribution in [2.24, 2.45) is 17.7 Å². The normalized spacial score (nSPS) is 25.4. The molecule has 82 valence electrons. The van der Waals surface area contributed by atoms with E-state index in [-0.39, 0.29) is 11.9 Å². The smallest absolute Gasteiger partial charge is 0.251 e. The summed E-state index contributed by atoms with van der Waals surface area (Å²) in [6, 6.07) is -0.0649. The maximum absolute atomic E-state index is 11.6. The topological polar surface area (TPSA) is 58.4 Å². The highest BCUT2D eigenvalue weighted by molar-refractivity contribution is 5.81. The van der Waals surface area contributed by atoms with Gasteiger partial charge in [-0.1, -0.05) is 20.8 Å². The molecule has 4 nitrogen and oxygen atoms in total. The van der Waals surface area contributed by atoms with Crippen molar-refractivity contribution in [1.29, 1.82) is 0 Å². The molecule has 0 aromatic rings. The minimum Gasteiger partial charge on any atom is -0.293 e. The summed E-state index contributed by atoms with van der Waals surface area (Å²) in [5.74, 6) is 6.13. The van der Waals surface area contributed by atoms with Gasteiger partial charge in [-0.25, -0.2) is 5.84 Å². The zero-order valence-corrected chi connectivity index (χ0v) is 9.29. The quantitative estimate of drug-likeness (QED) is 0.391. The van der Waals surface area contributed by atoms with E-state index >= 15 is 0 Å². The summed E-state index contributed by atoms with van der Waals surface area (Å²) < 4.78 is 0. The van der Waals surface area contributed by atoms with E-state index in [0.717, 1.165) is 13.1 Å². The van der Waals surface area contributed by atoms with Gasteiger partial charge in [-0.05, 0) is 24.8 Å². The van der Waals surface area contributed by atoms with Gasteiger partial charge in [0.05, 0.1) is 6.04 Å². The predicted octanol–water partition coefficient (Wildman–Crippen LogP) is 0.343. The summed E-state index contributed by atoms with van der Waals surface area (Å²) >= 11 is 0. The van der Waals surface area contributed by atoms with Gasteiger partial charge in [-0.2, -0.15) is 0 Å². The first-order valence-electron chi connectivity index (χ1n) is 5.30. The Morgan fingerprint density at radius 3 is 2.57 bits per heavy atom. The van der Waals surface area contributed by atoms with E-state index in [1.54, 1.807) is 0 Å². The number of rotatable bonds is 3. The van der Waals surface area contributed by atoms with Gasteiger partial charge in [0.2, 0.25) is 0 Å². The number of likely N-dealkylation sites (tertiary alicyclic amines) is 1. The maximum Gasteiger partial charge on any atom is 0.251 e. The molecule has 1 amide bonds. The number of carbonyl (C=O) groups excluding carboxylic acids is 1. The molecule has 0 aromatic carbocycles. The van der Waals surface area contributed by atoms with Gasteiger partial charge >= 0.3 is 0 Å². The van der Waals surface area contributed by atoms with Crippen molar-refractivity contribution in [1.82, 2.24) is 10.3 Å². The van der Waals surface area contributed by atoms with Crippen LogP contribution in [-0.4, -0.2) is 29.9 Å². The number of nitrogens with one attached hydrogen (secondary N) is 1. The molecule has 1 rings (SSSR count). The third-order valence-electron chi connectivity index (χ3n) is 2.89. The summed E-state index contributed by atoms with van der Waals surface area (Å²) in [4.78, 5) is 13.8. The van der Waals surface area contributed by atoms with Gasteiger partial charge in [0, 0.05) is 6.54 Å². The zero-order valence-electron chi connectivity index (χ0n) is 9.29. The van der Waals surface area contributed by atoms with Crippen molar-refractivity contribution in [2.45, 2.75) is 33.2 Å². The molecule has 14 heavy (non-hydrogen) atoms. The fraction of sp³-hybridized carbons (Fsp3) is 0.900. The fourth-order valence-electron chi connectivity index (χ4n) is 2.20. The van der Waals surface area contributed by atoms with Crippen LogP contribution in [0, 0.1) is 11.8 Å². The number of hydrazine groups is 1. The zero-order chi connectivity index (χ0) is 10.7. The van der Waals surface area contributed by atoms with Crippen molar-refractivity contribution in [2.75, 3.05) is 13.1 Å². The molecule has 0 bridgehead atoms. The first kappa shape index (κ1) is 11.5. The molecular formula is C10H21N3O. The lowest BCUT2D eigenvalue weighted by molar-refractivity contribution is -0.127. The van der Waals surface area contributed by atoms with Crippen LogP contribution < -0.4 is 11.3 Å². The van der Waals surface area contributed by atoms with Gasteiger partial charge in [0.25, 0.3) is 5.91 Å². The molecule has 1 aliphatic heterocycles. The Balaban J connectivity index is 2.63. The van der Waals surface area contributed by atoms with Crippen LogP contribution in [0.2, 0.25) is 0 Å². The highest BCUT2D eigenvalue weighted by atomic mass is 16.2. The molecule has 1 aliphatic rings. The van der Waals surface area contributed by atoms with Gasteiger partial charge in [-0.15, -0.1) is 0 Å². The average molecular weight is 199 g/mol. The van der Waals surface area contributed by atoms with Crippen molar-refractivity contribution >= 4 is 5.91 Å². The number of hydrogen-bond acceptors (Lipinski definition) is 3. The van der Waals surface area contributed by atoms with Crippen LogP contribution in [0.1, 0.15) is 27.2 Å². The number of amides is 1. The van der Waals surface area contributed by atoms with Gasteiger partial charge in [0.1, 0.15) is 0 Å². The van der Waals surface area contributed by atoms with Crippen LogP contribution >= 0.6 is 0 Å². The largest absolute Gasteiger partial charge is 0.293 e. The highest BCUT2D eigenvalue weighted by Gasteiger charge is 2.32. The molecule has 0 radical (unpaired) electrons. The van der Waals surface area contributed by atoms with E-state index in [1.807, 2.05) is 0 Å². The van der Waals surface area contributed by atoms with Gasteiger partial charge < -0.3 is 0 Å². The van der Waals surface area contributed by atoms with E-state index in [1.165, 1.54) is 6.42 Å². The third kappa shape index (κ3) is 2.45. The molecule has 1 heterocycles. The van der Waals surface area contributed by atoms with E-state index < -0.39 is 0 Å². The predicted molar refractivity (Wildman–Crippen MR) is 56.3 cm³/mol. The minimum atomic E-state index is -0.0649. The lowest BCUT2D eigenvalue weighted by Gasteiger charge is -2.29. The van der Waals surface area contributed by atoms with Crippen LogP contribution in [0.4, 0.5) is 0 Å². The molecule has 2 unspecified atom stereocenters. The first-order chi connectivity index (χ1) is 6.56. The summed E-state index contributed by atoms with van der Waals surface area (Å²) in [7, 11) is 0. The maximum atomic E-state index is 11.6. The molecule has 0 aromatic heterocycles. The molecule has 1 saturated heterocycles. The number of hydrogen-bond donors (Lipinski definition) is 2. The molecular weight excluding hydrogens is 178 g/mol. The monoisotopic (exact) mass is 199 g/mol. The Labute approximate surface area is 85.8 Å². The summed E-state index contributed by atoms with van der Waals surface area (Å²) in [5.41, 5.74) is 2.26. The third-order valence-corrected chi connectivity index (χ3v) is 2.89. The van der Waals surface area contributed by atoms with Gasteiger partial charge in [0.15, 0.2) is 0 Å². The Kier molecular flexibility index (Phi) is 3.89. The van der Waals surface area contributed by atoms with Crippen LogP contribution in [0.3, 0.4) is 0 Å². The summed E-state index contributed by atoms with van der Waals surface area (Å²) in [5, 5.41) is 0. The van der Waals surface area contributed by atoms with Crippen LogP contribution in [0.25, 0.3) is 0 Å². The lowest BCUT2D eigenvalue weighted by atomic mass is 10.0. The number of nitrogens with two attached hydrogens (primary N) is 1. The second kappa shape index (κ2) is 4.75. The molecule has 0 spiro atoms.